The van der Waals surface area contributed by atoms with Gasteiger partial charge in [-0.05, 0) is 60.4 Å². The second-order valence-electron chi connectivity index (χ2n) is 12.6. The van der Waals surface area contributed by atoms with Crippen LogP contribution in [0, 0.1) is 11.3 Å². The third kappa shape index (κ3) is 6.02. The SMILES string of the molecule is C=CC(=O)N1CC2(CCN(Cc3cc4c(c(C(F)(F)F)c3)CN(c3ccccc3)C4=O)C2)C1.Cn1cnnc1CC1CCC1. The molecule has 44 heavy (non-hydrogen) atoms. The van der Waals surface area contributed by atoms with E-state index in [9.17, 15) is 22.8 Å². The van der Waals surface area contributed by atoms with Crippen LogP contribution in [0.3, 0.4) is 0 Å². The van der Waals surface area contributed by atoms with Gasteiger partial charge < -0.3 is 14.4 Å². The molecule has 0 radical (unpaired) electrons. The van der Waals surface area contributed by atoms with Crippen molar-refractivity contribution in [2.24, 2.45) is 18.4 Å². The lowest BCUT2D eigenvalue weighted by Crippen LogP contribution is -2.59. The zero-order chi connectivity index (χ0) is 31.1. The number of fused-ring (bicyclic) bond motifs is 1. The third-order valence-corrected chi connectivity index (χ3v) is 9.44. The zero-order valence-corrected chi connectivity index (χ0v) is 24.9. The van der Waals surface area contributed by atoms with Crippen molar-refractivity contribution in [3.05, 3.63) is 89.5 Å². The fourth-order valence-corrected chi connectivity index (χ4v) is 6.80. The van der Waals surface area contributed by atoms with E-state index in [2.05, 4.69) is 21.7 Å². The van der Waals surface area contributed by atoms with Gasteiger partial charge in [0.15, 0.2) is 0 Å². The number of halogens is 3. The van der Waals surface area contributed by atoms with Crippen molar-refractivity contribution in [3.8, 4) is 0 Å². The highest BCUT2D eigenvalue weighted by Gasteiger charge is 2.49. The summed E-state index contributed by atoms with van der Waals surface area (Å²) in [4.78, 5) is 30.1. The molecule has 1 aromatic heterocycles. The number of likely N-dealkylation sites (tertiary alicyclic amines) is 2. The van der Waals surface area contributed by atoms with Crippen LogP contribution in [-0.2, 0) is 37.5 Å². The van der Waals surface area contributed by atoms with E-state index >= 15 is 0 Å². The van der Waals surface area contributed by atoms with E-state index in [-0.39, 0.29) is 29.0 Å². The summed E-state index contributed by atoms with van der Waals surface area (Å²) in [6, 6.07) is 11.6. The molecule has 0 atom stereocenters. The molecule has 8 nitrogen and oxygen atoms in total. The van der Waals surface area contributed by atoms with Gasteiger partial charge >= 0.3 is 6.18 Å². The molecule has 11 heteroatoms. The highest BCUT2D eigenvalue weighted by Crippen LogP contribution is 2.42. The van der Waals surface area contributed by atoms with Crippen LogP contribution in [-0.4, -0.2) is 62.6 Å². The van der Waals surface area contributed by atoms with Gasteiger partial charge in [-0.2, -0.15) is 13.2 Å². The van der Waals surface area contributed by atoms with Crippen LogP contribution < -0.4 is 4.90 Å². The molecular weight excluding hydrogens is 569 g/mol. The lowest BCUT2D eigenvalue weighted by atomic mass is 9.79. The summed E-state index contributed by atoms with van der Waals surface area (Å²) in [5.41, 5.74) is 0.502. The smallest absolute Gasteiger partial charge is 0.338 e. The van der Waals surface area contributed by atoms with Crippen LogP contribution in [0.15, 0.2) is 61.4 Å². The summed E-state index contributed by atoms with van der Waals surface area (Å²) in [7, 11) is 2.01. The number of carbonyl (C=O) groups excluding carboxylic acids is 2. The number of aryl methyl sites for hydroxylation is 1. The van der Waals surface area contributed by atoms with Gasteiger partial charge in [-0.25, -0.2) is 0 Å². The van der Waals surface area contributed by atoms with Crippen molar-refractivity contribution in [2.75, 3.05) is 31.1 Å². The van der Waals surface area contributed by atoms with E-state index in [1.54, 1.807) is 47.6 Å². The van der Waals surface area contributed by atoms with Crippen molar-refractivity contribution >= 4 is 17.5 Å². The lowest BCUT2D eigenvalue weighted by Gasteiger charge is -2.47. The van der Waals surface area contributed by atoms with Crippen LogP contribution in [0.1, 0.15) is 58.6 Å². The molecule has 2 aromatic carbocycles. The molecule has 7 rings (SSSR count). The van der Waals surface area contributed by atoms with E-state index in [1.165, 1.54) is 36.3 Å². The van der Waals surface area contributed by atoms with Gasteiger partial charge in [-0.1, -0.05) is 44.0 Å². The minimum Gasteiger partial charge on any atom is -0.338 e. The Labute approximate surface area is 255 Å². The molecule has 4 heterocycles. The highest BCUT2D eigenvalue weighted by atomic mass is 19.4. The Morgan fingerprint density at radius 1 is 1.14 bits per heavy atom. The first-order chi connectivity index (χ1) is 21.0. The average Bonchev–Trinajstić information content (AvgIpc) is 3.67. The number of aromatic nitrogens is 3. The molecule has 1 aliphatic carbocycles. The van der Waals surface area contributed by atoms with Gasteiger partial charge in [0, 0.05) is 56.3 Å². The molecule has 2 saturated heterocycles. The van der Waals surface area contributed by atoms with Crippen molar-refractivity contribution < 1.29 is 22.8 Å². The number of carbonyl (C=O) groups is 2. The average molecular weight is 607 g/mol. The first kappa shape index (κ1) is 30.1. The quantitative estimate of drug-likeness (QED) is 0.359. The molecule has 2 amide bonds. The number of anilines is 1. The minimum absolute atomic E-state index is 0.00217. The molecule has 0 unspecified atom stereocenters. The Morgan fingerprint density at radius 2 is 1.89 bits per heavy atom. The second-order valence-corrected chi connectivity index (χ2v) is 12.6. The normalized spacial score (nSPS) is 19.3. The van der Waals surface area contributed by atoms with Crippen molar-refractivity contribution in [1.82, 2.24) is 24.6 Å². The van der Waals surface area contributed by atoms with E-state index in [1.807, 2.05) is 11.6 Å². The maximum atomic E-state index is 13.9. The first-order valence-electron chi connectivity index (χ1n) is 15.1. The second kappa shape index (κ2) is 11.8. The Bertz CT molecular complexity index is 1540. The highest BCUT2D eigenvalue weighted by molar-refractivity contribution is 6.10. The Kier molecular flexibility index (Phi) is 8.08. The van der Waals surface area contributed by atoms with E-state index in [4.69, 9.17) is 0 Å². The van der Waals surface area contributed by atoms with Crippen LogP contribution in [0.5, 0.6) is 0 Å². The third-order valence-electron chi connectivity index (χ3n) is 9.44. The molecule has 1 saturated carbocycles. The standard InChI is InChI=1S/C25H24F3N3O2.C8H13N3/c1-2-22(32)30-15-24(16-30)8-9-29(14-24)12-17-10-19-20(21(11-17)25(26,27)28)13-31(23(19)33)18-6-4-3-5-7-18;1-11-6-9-10-8(11)5-7-3-2-4-7/h2-7,10-11H,1,8-9,12-16H2;6-7H,2-5H2,1H3. The number of benzene rings is 2. The number of rotatable bonds is 6. The summed E-state index contributed by atoms with van der Waals surface area (Å²) in [6.45, 7) is 6.53. The Hall–Kier alpha value is -3.99. The van der Waals surface area contributed by atoms with E-state index in [0.717, 1.165) is 37.7 Å². The molecule has 3 fully saturated rings. The Balaban J connectivity index is 0.000000261. The fraction of sp³-hybridized carbons (Fsp3) is 0.455. The topological polar surface area (TPSA) is 74.6 Å². The monoisotopic (exact) mass is 606 g/mol. The lowest BCUT2D eigenvalue weighted by molar-refractivity contribution is -0.138. The van der Waals surface area contributed by atoms with Crippen LogP contribution in [0.25, 0.3) is 0 Å². The zero-order valence-electron chi connectivity index (χ0n) is 24.9. The molecule has 3 aromatic rings. The van der Waals surface area contributed by atoms with Crippen molar-refractivity contribution in [3.63, 3.8) is 0 Å². The number of nitrogens with zero attached hydrogens (tertiary/aromatic N) is 6. The molecular formula is C33H37F3N6O2. The summed E-state index contributed by atoms with van der Waals surface area (Å²) in [5.74, 6) is 1.53. The van der Waals surface area contributed by atoms with Crippen LogP contribution in [0.4, 0.5) is 18.9 Å². The number of hydrogen-bond donors (Lipinski definition) is 0. The minimum atomic E-state index is -4.54. The first-order valence-corrected chi connectivity index (χ1v) is 15.1. The van der Waals surface area contributed by atoms with Crippen molar-refractivity contribution in [1.29, 1.82) is 0 Å². The molecule has 0 bridgehead atoms. The molecule has 3 aliphatic heterocycles. The van der Waals surface area contributed by atoms with Crippen LogP contribution in [0.2, 0.25) is 0 Å². The predicted molar refractivity (Wildman–Crippen MR) is 160 cm³/mol. The van der Waals surface area contributed by atoms with Crippen LogP contribution >= 0.6 is 0 Å². The van der Waals surface area contributed by atoms with Gasteiger partial charge in [0.2, 0.25) is 5.91 Å². The van der Waals surface area contributed by atoms with Gasteiger partial charge in [0.25, 0.3) is 5.91 Å². The Morgan fingerprint density at radius 3 is 2.50 bits per heavy atom. The van der Waals surface area contributed by atoms with Crippen molar-refractivity contribution in [2.45, 2.75) is 51.4 Å². The summed E-state index contributed by atoms with van der Waals surface area (Å²) >= 11 is 0. The fourth-order valence-electron chi connectivity index (χ4n) is 6.80. The van der Waals surface area contributed by atoms with Gasteiger partial charge in [-0.3, -0.25) is 14.5 Å². The maximum Gasteiger partial charge on any atom is 0.416 e. The molecule has 0 N–H and O–H groups in total. The number of alkyl halides is 3. The number of hydrogen-bond acceptors (Lipinski definition) is 5. The summed E-state index contributed by atoms with van der Waals surface area (Å²) < 4.78 is 43.8. The molecule has 232 valence electrons. The molecule has 4 aliphatic rings. The summed E-state index contributed by atoms with van der Waals surface area (Å²) in [5, 5.41) is 7.90. The number of amides is 2. The van der Waals surface area contributed by atoms with Gasteiger partial charge in [0.05, 0.1) is 12.1 Å². The molecule has 1 spiro atoms. The van der Waals surface area contributed by atoms with E-state index < -0.39 is 17.6 Å². The predicted octanol–water partition coefficient (Wildman–Crippen LogP) is 5.24. The largest absolute Gasteiger partial charge is 0.416 e. The van der Waals surface area contributed by atoms with Gasteiger partial charge in [0.1, 0.15) is 12.2 Å². The summed E-state index contributed by atoms with van der Waals surface area (Å²) in [6.07, 6.45) is 4.72. The maximum absolute atomic E-state index is 13.9. The van der Waals surface area contributed by atoms with Gasteiger partial charge in [-0.15, -0.1) is 10.2 Å². The van der Waals surface area contributed by atoms with E-state index in [0.29, 0.717) is 30.9 Å². The number of para-hydroxylation sites is 1.